The van der Waals surface area contributed by atoms with E-state index in [1.807, 2.05) is 0 Å². The third-order valence-electron chi connectivity index (χ3n) is 3.49. The summed E-state index contributed by atoms with van der Waals surface area (Å²) in [5.41, 5.74) is 0. The molecule has 1 rings (SSSR count). The number of carboxylic acid groups (broad SMARTS) is 1. The minimum atomic E-state index is -1.22. The molecule has 1 aliphatic rings. The lowest BCUT2D eigenvalue weighted by atomic mass is 9.98. The van der Waals surface area contributed by atoms with Gasteiger partial charge in [0.25, 0.3) is 0 Å². The van der Waals surface area contributed by atoms with Crippen LogP contribution in [-0.4, -0.2) is 52.9 Å². The van der Waals surface area contributed by atoms with Crippen LogP contribution in [0.15, 0.2) is 0 Å². The van der Waals surface area contributed by atoms with E-state index in [0.29, 0.717) is 19.0 Å². The zero-order valence-electron chi connectivity index (χ0n) is 10.8. The molecular weight excluding hydrogens is 236 g/mol. The fraction of sp³-hybridized carbons (Fsp3) is 0.833. The van der Waals surface area contributed by atoms with Crippen LogP contribution in [-0.2, 0) is 4.79 Å². The number of hydrogen-bond acceptors (Lipinski definition) is 3. The molecule has 6 nitrogen and oxygen atoms in total. The van der Waals surface area contributed by atoms with E-state index in [0.717, 1.165) is 25.7 Å². The number of nitrogens with one attached hydrogen (secondary N) is 1. The van der Waals surface area contributed by atoms with E-state index < -0.39 is 24.6 Å². The number of carbonyl (C=O) groups is 2. The third kappa shape index (κ3) is 4.18. The Hall–Kier alpha value is -1.30. The number of carboxylic acids is 1. The first-order valence-corrected chi connectivity index (χ1v) is 6.47. The Morgan fingerprint density at radius 3 is 2.67 bits per heavy atom. The predicted molar refractivity (Wildman–Crippen MR) is 66.2 cm³/mol. The lowest BCUT2D eigenvalue weighted by Gasteiger charge is -2.23. The Bertz CT molecular complexity index is 296. The highest BCUT2D eigenvalue weighted by Crippen LogP contribution is 2.20. The van der Waals surface area contributed by atoms with Crippen LogP contribution in [0, 0.1) is 5.92 Å². The summed E-state index contributed by atoms with van der Waals surface area (Å²) in [6.07, 6.45) is 4.13. The van der Waals surface area contributed by atoms with Crippen LogP contribution >= 0.6 is 0 Å². The zero-order valence-corrected chi connectivity index (χ0v) is 10.8. The van der Waals surface area contributed by atoms with Gasteiger partial charge in [0.15, 0.2) is 6.04 Å². The van der Waals surface area contributed by atoms with Gasteiger partial charge in [0.05, 0.1) is 6.61 Å². The number of likely N-dealkylation sites (tertiary alicyclic amines) is 1. The Labute approximate surface area is 107 Å². The van der Waals surface area contributed by atoms with Crippen molar-refractivity contribution in [2.75, 3.05) is 19.7 Å². The molecule has 0 bridgehead atoms. The second kappa shape index (κ2) is 7.20. The summed E-state index contributed by atoms with van der Waals surface area (Å²) >= 11 is 0. The van der Waals surface area contributed by atoms with Crippen molar-refractivity contribution in [2.24, 2.45) is 5.92 Å². The van der Waals surface area contributed by atoms with Crippen molar-refractivity contribution in [3.05, 3.63) is 0 Å². The molecule has 104 valence electrons. The van der Waals surface area contributed by atoms with Crippen LogP contribution in [0.4, 0.5) is 4.79 Å². The molecule has 18 heavy (non-hydrogen) atoms. The fourth-order valence-electron chi connectivity index (χ4n) is 2.20. The van der Waals surface area contributed by atoms with Gasteiger partial charge in [0.2, 0.25) is 0 Å². The van der Waals surface area contributed by atoms with Crippen LogP contribution in [0.1, 0.15) is 32.6 Å². The number of aliphatic carboxylic acids is 1. The highest BCUT2D eigenvalue weighted by atomic mass is 16.4. The molecule has 2 amide bonds. The predicted octanol–water partition coefficient (Wildman–Crippen LogP) is 0.654. The van der Waals surface area contributed by atoms with Crippen molar-refractivity contribution >= 4 is 12.0 Å². The van der Waals surface area contributed by atoms with Gasteiger partial charge < -0.3 is 20.4 Å². The monoisotopic (exact) mass is 258 g/mol. The van der Waals surface area contributed by atoms with Gasteiger partial charge in [-0.2, -0.15) is 0 Å². The molecule has 3 N–H and O–H groups in total. The number of nitrogens with zero attached hydrogens (tertiary/aromatic N) is 1. The maximum Gasteiger partial charge on any atom is 0.328 e. The van der Waals surface area contributed by atoms with Gasteiger partial charge in [0, 0.05) is 13.1 Å². The molecule has 0 spiro atoms. The number of aliphatic hydroxyl groups is 1. The summed E-state index contributed by atoms with van der Waals surface area (Å²) < 4.78 is 0. The van der Waals surface area contributed by atoms with Gasteiger partial charge in [-0.15, -0.1) is 0 Å². The SMILES string of the molecule is CCC1CCCN(C(=O)NC(CO)C(=O)O)CC1. The van der Waals surface area contributed by atoms with Crippen molar-refractivity contribution < 1.29 is 19.8 Å². The maximum atomic E-state index is 11.9. The molecule has 1 fully saturated rings. The second-order valence-corrected chi connectivity index (χ2v) is 4.72. The van der Waals surface area contributed by atoms with E-state index in [2.05, 4.69) is 12.2 Å². The molecule has 0 radical (unpaired) electrons. The van der Waals surface area contributed by atoms with Gasteiger partial charge in [-0.1, -0.05) is 13.3 Å². The largest absolute Gasteiger partial charge is 0.480 e. The van der Waals surface area contributed by atoms with Crippen LogP contribution in [0.2, 0.25) is 0 Å². The van der Waals surface area contributed by atoms with Crippen molar-refractivity contribution in [1.29, 1.82) is 0 Å². The highest BCUT2D eigenvalue weighted by Gasteiger charge is 2.24. The first-order valence-electron chi connectivity index (χ1n) is 6.47. The molecule has 1 saturated heterocycles. The summed E-state index contributed by atoms with van der Waals surface area (Å²) in [5, 5.41) is 20.0. The minimum Gasteiger partial charge on any atom is -0.480 e. The van der Waals surface area contributed by atoms with Crippen molar-refractivity contribution in [1.82, 2.24) is 10.2 Å². The Morgan fingerprint density at radius 1 is 1.39 bits per heavy atom. The Kier molecular flexibility index (Phi) is 5.91. The average Bonchev–Trinajstić information content (AvgIpc) is 2.60. The quantitative estimate of drug-likeness (QED) is 0.690. The molecule has 0 aromatic rings. The van der Waals surface area contributed by atoms with Gasteiger partial charge in [-0.25, -0.2) is 9.59 Å². The van der Waals surface area contributed by atoms with Gasteiger partial charge in [-0.05, 0) is 25.2 Å². The molecule has 0 aliphatic carbocycles. The molecule has 6 heteroatoms. The minimum absolute atomic E-state index is 0.395. The lowest BCUT2D eigenvalue weighted by Crippen LogP contribution is -2.49. The number of rotatable bonds is 4. The number of urea groups is 1. The second-order valence-electron chi connectivity index (χ2n) is 4.72. The van der Waals surface area contributed by atoms with E-state index in [1.165, 1.54) is 0 Å². The zero-order chi connectivity index (χ0) is 13.5. The van der Waals surface area contributed by atoms with Gasteiger partial charge >= 0.3 is 12.0 Å². The van der Waals surface area contributed by atoms with E-state index >= 15 is 0 Å². The molecular formula is C12H22N2O4. The van der Waals surface area contributed by atoms with Gasteiger partial charge in [0.1, 0.15) is 0 Å². The molecule has 2 unspecified atom stereocenters. The van der Waals surface area contributed by atoms with Crippen molar-refractivity contribution in [2.45, 2.75) is 38.6 Å². The summed E-state index contributed by atoms with van der Waals surface area (Å²) in [7, 11) is 0. The normalized spacial score (nSPS) is 22.1. The number of amides is 2. The Balaban J connectivity index is 2.48. The highest BCUT2D eigenvalue weighted by molar-refractivity contribution is 5.82. The van der Waals surface area contributed by atoms with E-state index in [9.17, 15) is 9.59 Å². The van der Waals surface area contributed by atoms with E-state index in [1.54, 1.807) is 4.90 Å². The van der Waals surface area contributed by atoms with Crippen LogP contribution in [0.25, 0.3) is 0 Å². The third-order valence-corrected chi connectivity index (χ3v) is 3.49. The standard InChI is InChI=1S/C12H22N2O4/c1-2-9-4-3-6-14(7-5-9)12(18)13-10(8-15)11(16)17/h9-10,15H,2-8H2,1H3,(H,13,18)(H,16,17). The number of hydrogen-bond donors (Lipinski definition) is 3. The maximum absolute atomic E-state index is 11.9. The average molecular weight is 258 g/mol. The van der Waals surface area contributed by atoms with Crippen LogP contribution < -0.4 is 5.32 Å². The summed E-state index contributed by atoms with van der Waals surface area (Å²) in [5.74, 6) is -0.567. The van der Waals surface area contributed by atoms with Crippen molar-refractivity contribution in [3.8, 4) is 0 Å². The molecule has 1 heterocycles. The lowest BCUT2D eigenvalue weighted by molar-refractivity contribution is -0.140. The van der Waals surface area contributed by atoms with Crippen molar-refractivity contribution in [3.63, 3.8) is 0 Å². The van der Waals surface area contributed by atoms with E-state index in [4.69, 9.17) is 10.2 Å². The van der Waals surface area contributed by atoms with E-state index in [-0.39, 0.29) is 0 Å². The molecule has 0 saturated carbocycles. The molecule has 0 aromatic heterocycles. The first-order chi connectivity index (χ1) is 8.58. The summed E-state index contributed by atoms with van der Waals surface area (Å²) in [4.78, 5) is 24.2. The fourth-order valence-corrected chi connectivity index (χ4v) is 2.20. The van der Waals surface area contributed by atoms with Crippen LogP contribution in [0.5, 0.6) is 0 Å². The molecule has 1 aliphatic heterocycles. The summed E-state index contributed by atoms with van der Waals surface area (Å²) in [6, 6.07) is -1.61. The number of aliphatic hydroxyl groups excluding tert-OH is 1. The topological polar surface area (TPSA) is 89.9 Å². The smallest absolute Gasteiger partial charge is 0.328 e. The molecule has 0 aromatic carbocycles. The summed E-state index contributed by atoms with van der Waals surface area (Å²) in [6.45, 7) is 2.86. The van der Waals surface area contributed by atoms with Crippen LogP contribution in [0.3, 0.4) is 0 Å². The molecule has 2 atom stereocenters. The first kappa shape index (κ1) is 14.8. The van der Waals surface area contributed by atoms with Gasteiger partial charge in [-0.3, -0.25) is 0 Å². The Morgan fingerprint density at radius 2 is 2.11 bits per heavy atom. The number of carbonyl (C=O) groups excluding carboxylic acids is 1.